The van der Waals surface area contributed by atoms with Crippen LogP contribution in [-0.2, 0) is 6.54 Å². The summed E-state index contributed by atoms with van der Waals surface area (Å²) in [4.78, 5) is 0. The molecule has 21 heavy (non-hydrogen) atoms. The highest BCUT2D eigenvalue weighted by Crippen LogP contribution is 2.34. The maximum absolute atomic E-state index is 5.44. The lowest BCUT2D eigenvalue weighted by atomic mass is 10.0. The van der Waals surface area contributed by atoms with Gasteiger partial charge in [-0.15, -0.1) is 0 Å². The lowest BCUT2D eigenvalue weighted by molar-refractivity contribution is 0.346. The topological polar surface area (TPSA) is 39.7 Å². The van der Waals surface area contributed by atoms with Gasteiger partial charge in [0.2, 0.25) is 0 Å². The molecule has 4 nitrogen and oxygen atoms in total. The molecule has 4 heteroatoms. The molecule has 0 fully saturated rings. The summed E-state index contributed by atoms with van der Waals surface area (Å²) in [6.45, 7) is 7.48. The van der Waals surface area contributed by atoms with E-state index in [9.17, 15) is 0 Å². The molecule has 0 spiro atoms. The molecule has 1 aromatic rings. The SMILES string of the molecule is COc1cc(OC)c(OC)cc1CNC(C)CCC(C)C. The Bertz CT molecular complexity index is 432. The minimum Gasteiger partial charge on any atom is -0.496 e. The summed E-state index contributed by atoms with van der Waals surface area (Å²) in [5.41, 5.74) is 1.08. The number of hydrogen-bond acceptors (Lipinski definition) is 4. The standard InChI is InChI=1S/C17H29NO3/c1-12(2)7-8-13(3)18-11-14-9-16(20-5)17(21-6)10-15(14)19-4/h9-10,12-13,18H,7-8,11H2,1-6H3. The van der Waals surface area contributed by atoms with E-state index in [1.54, 1.807) is 21.3 Å². The van der Waals surface area contributed by atoms with Gasteiger partial charge in [0.15, 0.2) is 11.5 Å². The van der Waals surface area contributed by atoms with Gasteiger partial charge < -0.3 is 19.5 Å². The Balaban J connectivity index is 2.73. The van der Waals surface area contributed by atoms with E-state index >= 15 is 0 Å². The van der Waals surface area contributed by atoms with E-state index in [0.717, 1.165) is 29.5 Å². The van der Waals surface area contributed by atoms with Crippen molar-refractivity contribution in [2.45, 2.75) is 46.2 Å². The van der Waals surface area contributed by atoms with Crippen molar-refractivity contribution in [2.75, 3.05) is 21.3 Å². The number of rotatable bonds is 9. The van der Waals surface area contributed by atoms with Crippen molar-refractivity contribution in [1.29, 1.82) is 0 Å². The van der Waals surface area contributed by atoms with Crippen LogP contribution in [0.2, 0.25) is 0 Å². The first-order valence-corrected chi connectivity index (χ1v) is 7.54. The first kappa shape index (κ1) is 17.6. The summed E-state index contributed by atoms with van der Waals surface area (Å²) < 4.78 is 16.1. The fraction of sp³-hybridized carbons (Fsp3) is 0.647. The zero-order chi connectivity index (χ0) is 15.8. The maximum Gasteiger partial charge on any atom is 0.164 e. The smallest absolute Gasteiger partial charge is 0.164 e. The molecule has 0 heterocycles. The van der Waals surface area contributed by atoms with Gasteiger partial charge in [0.05, 0.1) is 21.3 Å². The molecule has 120 valence electrons. The number of ether oxygens (including phenoxy) is 3. The molecule has 0 saturated heterocycles. The summed E-state index contributed by atoms with van der Waals surface area (Å²) in [6, 6.07) is 4.32. The summed E-state index contributed by atoms with van der Waals surface area (Å²) in [5, 5.41) is 3.54. The van der Waals surface area contributed by atoms with Crippen LogP contribution >= 0.6 is 0 Å². The second-order valence-electron chi connectivity index (χ2n) is 5.77. The molecule has 0 aliphatic heterocycles. The minimum atomic E-state index is 0.477. The van der Waals surface area contributed by atoms with Crippen molar-refractivity contribution in [1.82, 2.24) is 5.32 Å². The van der Waals surface area contributed by atoms with Crippen LogP contribution < -0.4 is 19.5 Å². The van der Waals surface area contributed by atoms with E-state index in [-0.39, 0.29) is 0 Å². The van der Waals surface area contributed by atoms with Crippen LogP contribution in [0.1, 0.15) is 39.2 Å². The van der Waals surface area contributed by atoms with Gasteiger partial charge >= 0.3 is 0 Å². The van der Waals surface area contributed by atoms with Crippen molar-refractivity contribution in [3.8, 4) is 17.2 Å². The molecule has 1 rings (SSSR count). The summed E-state index contributed by atoms with van der Waals surface area (Å²) in [6.07, 6.45) is 2.41. The lowest BCUT2D eigenvalue weighted by Crippen LogP contribution is -2.26. The molecule has 0 aliphatic rings. The van der Waals surface area contributed by atoms with Gasteiger partial charge in [-0.25, -0.2) is 0 Å². The molecule has 1 atom stereocenters. The maximum atomic E-state index is 5.44. The summed E-state index contributed by atoms with van der Waals surface area (Å²) in [7, 11) is 4.95. The van der Waals surface area contributed by atoms with Crippen LogP contribution in [0.15, 0.2) is 12.1 Å². The molecule has 0 aliphatic carbocycles. The normalized spacial score (nSPS) is 12.3. The van der Waals surface area contributed by atoms with Gasteiger partial charge in [-0.05, 0) is 31.7 Å². The number of nitrogens with one attached hydrogen (secondary N) is 1. The molecule has 0 radical (unpaired) electrons. The van der Waals surface area contributed by atoms with Crippen molar-refractivity contribution in [3.63, 3.8) is 0 Å². The molecule has 1 aromatic carbocycles. The van der Waals surface area contributed by atoms with E-state index in [1.807, 2.05) is 12.1 Å². The molecular formula is C17H29NO3. The van der Waals surface area contributed by atoms with Crippen LogP contribution in [0, 0.1) is 5.92 Å². The Kier molecular flexibility index (Phi) is 7.37. The van der Waals surface area contributed by atoms with E-state index in [0.29, 0.717) is 11.8 Å². The third-order valence-electron chi connectivity index (χ3n) is 3.60. The minimum absolute atomic E-state index is 0.477. The van der Waals surface area contributed by atoms with E-state index < -0.39 is 0 Å². The highest BCUT2D eigenvalue weighted by atomic mass is 16.5. The van der Waals surface area contributed by atoms with E-state index in [2.05, 4.69) is 26.1 Å². The Morgan fingerprint density at radius 3 is 1.95 bits per heavy atom. The third kappa shape index (κ3) is 5.46. The highest BCUT2D eigenvalue weighted by Gasteiger charge is 2.12. The highest BCUT2D eigenvalue weighted by molar-refractivity contribution is 5.50. The largest absolute Gasteiger partial charge is 0.496 e. The van der Waals surface area contributed by atoms with Crippen molar-refractivity contribution >= 4 is 0 Å². The Hall–Kier alpha value is -1.42. The Morgan fingerprint density at radius 1 is 0.857 bits per heavy atom. The van der Waals surface area contributed by atoms with Crippen LogP contribution in [-0.4, -0.2) is 27.4 Å². The molecule has 0 saturated carbocycles. The Labute approximate surface area is 128 Å². The summed E-state index contributed by atoms with van der Waals surface area (Å²) in [5.74, 6) is 2.97. The third-order valence-corrected chi connectivity index (χ3v) is 3.60. The van der Waals surface area contributed by atoms with Crippen LogP contribution in [0.25, 0.3) is 0 Å². The molecule has 1 unspecified atom stereocenters. The van der Waals surface area contributed by atoms with Gasteiger partial charge in [0, 0.05) is 24.2 Å². The molecule has 0 aromatic heterocycles. The molecule has 1 N–H and O–H groups in total. The van der Waals surface area contributed by atoms with Crippen LogP contribution in [0.3, 0.4) is 0 Å². The monoisotopic (exact) mass is 295 g/mol. The zero-order valence-electron chi connectivity index (χ0n) is 14.2. The van der Waals surface area contributed by atoms with Crippen LogP contribution in [0.5, 0.6) is 17.2 Å². The Morgan fingerprint density at radius 2 is 1.43 bits per heavy atom. The average Bonchev–Trinajstić information content (AvgIpc) is 2.49. The van der Waals surface area contributed by atoms with Gasteiger partial charge in [-0.3, -0.25) is 0 Å². The first-order valence-electron chi connectivity index (χ1n) is 7.54. The number of benzene rings is 1. The molecule has 0 bridgehead atoms. The van der Waals surface area contributed by atoms with E-state index in [4.69, 9.17) is 14.2 Å². The molecular weight excluding hydrogens is 266 g/mol. The second kappa shape index (κ2) is 8.78. The van der Waals surface area contributed by atoms with Crippen molar-refractivity contribution in [3.05, 3.63) is 17.7 Å². The van der Waals surface area contributed by atoms with Gasteiger partial charge in [0.1, 0.15) is 5.75 Å². The number of methoxy groups -OCH3 is 3. The lowest BCUT2D eigenvalue weighted by Gasteiger charge is -2.18. The number of hydrogen-bond donors (Lipinski definition) is 1. The predicted octanol–water partition coefficient (Wildman–Crippen LogP) is 3.63. The van der Waals surface area contributed by atoms with Crippen molar-refractivity contribution < 1.29 is 14.2 Å². The summed E-state index contributed by atoms with van der Waals surface area (Å²) >= 11 is 0. The van der Waals surface area contributed by atoms with E-state index in [1.165, 1.54) is 12.8 Å². The van der Waals surface area contributed by atoms with Gasteiger partial charge in [-0.1, -0.05) is 13.8 Å². The zero-order valence-corrected chi connectivity index (χ0v) is 14.2. The average molecular weight is 295 g/mol. The van der Waals surface area contributed by atoms with Crippen LogP contribution in [0.4, 0.5) is 0 Å². The predicted molar refractivity (Wildman–Crippen MR) is 86.5 cm³/mol. The quantitative estimate of drug-likeness (QED) is 0.755. The van der Waals surface area contributed by atoms with Gasteiger partial charge in [0.25, 0.3) is 0 Å². The second-order valence-corrected chi connectivity index (χ2v) is 5.77. The van der Waals surface area contributed by atoms with Gasteiger partial charge in [-0.2, -0.15) is 0 Å². The van der Waals surface area contributed by atoms with Crippen molar-refractivity contribution in [2.24, 2.45) is 5.92 Å². The first-order chi connectivity index (χ1) is 10.0. The fourth-order valence-corrected chi connectivity index (χ4v) is 2.20. The molecule has 0 amide bonds. The fourth-order valence-electron chi connectivity index (χ4n) is 2.20.